The number of hydrogen-bond donors (Lipinski definition) is 3. The molecule has 4 rings (SSSR count). The molecule has 0 radical (unpaired) electrons. The highest BCUT2D eigenvalue weighted by molar-refractivity contribution is 6.73. The molecule has 0 fully saturated rings. The van der Waals surface area contributed by atoms with E-state index in [1.54, 1.807) is 19.2 Å². The molecule has 3 N–H and O–H groups in total. The van der Waals surface area contributed by atoms with Crippen LogP contribution in [-0.2, 0) is 0 Å². The van der Waals surface area contributed by atoms with Gasteiger partial charge in [-0.2, -0.15) is 0 Å². The summed E-state index contributed by atoms with van der Waals surface area (Å²) in [5, 5.41) is 19.3. The first-order chi connectivity index (χ1) is 11.7. The Kier molecular flexibility index (Phi) is 3.54. The number of benzene rings is 3. The van der Waals surface area contributed by atoms with E-state index in [1.165, 1.54) is 10.8 Å². The van der Waals surface area contributed by atoms with Gasteiger partial charge in [-0.05, 0) is 35.2 Å². The molecule has 0 amide bonds. The maximum atomic E-state index is 9.87. The molecular formula is C19H17BN2O2. The zero-order valence-electron chi connectivity index (χ0n) is 13.3. The van der Waals surface area contributed by atoms with Crippen LogP contribution in [0.4, 0.5) is 11.4 Å². The molecule has 1 heterocycles. The summed E-state index contributed by atoms with van der Waals surface area (Å²) < 4.78 is 5.07. The van der Waals surface area contributed by atoms with Gasteiger partial charge in [0.2, 0.25) is 0 Å². The number of phenolic OH excluding ortho intramolecular Hbond substituents is 1. The van der Waals surface area contributed by atoms with E-state index in [1.807, 2.05) is 18.1 Å². The highest BCUT2D eigenvalue weighted by Crippen LogP contribution is 2.34. The second-order valence-corrected chi connectivity index (χ2v) is 5.77. The second-order valence-electron chi connectivity index (χ2n) is 5.77. The molecule has 0 spiro atoms. The molecular weight excluding hydrogens is 299 g/mol. The third-order valence-electron chi connectivity index (χ3n) is 4.21. The van der Waals surface area contributed by atoms with Crippen molar-refractivity contribution in [3.63, 3.8) is 0 Å². The number of nitrogens with one attached hydrogen (secondary N) is 2. The number of rotatable bonds is 3. The Bertz CT molecular complexity index is 899. The van der Waals surface area contributed by atoms with E-state index in [0.717, 1.165) is 16.9 Å². The van der Waals surface area contributed by atoms with E-state index in [2.05, 4.69) is 46.9 Å². The summed E-state index contributed by atoms with van der Waals surface area (Å²) in [4.78, 5) is 0. The third kappa shape index (κ3) is 2.54. The lowest BCUT2D eigenvalue weighted by atomic mass is 9.73. The van der Waals surface area contributed by atoms with Gasteiger partial charge in [-0.3, -0.25) is 0 Å². The molecule has 0 bridgehead atoms. The Morgan fingerprint density at radius 2 is 1.71 bits per heavy atom. The molecule has 118 valence electrons. The minimum absolute atomic E-state index is 0.0188. The molecule has 3 aromatic carbocycles. The van der Waals surface area contributed by atoms with Gasteiger partial charge in [0.05, 0.1) is 7.11 Å². The normalized spacial score (nSPS) is 13.0. The predicted molar refractivity (Wildman–Crippen MR) is 101 cm³/mol. The maximum absolute atomic E-state index is 9.87. The van der Waals surface area contributed by atoms with Crippen LogP contribution in [0.3, 0.4) is 0 Å². The van der Waals surface area contributed by atoms with Crippen LogP contribution in [0.1, 0.15) is 5.56 Å². The molecule has 5 heteroatoms. The van der Waals surface area contributed by atoms with Gasteiger partial charge < -0.3 is 20.3 Å². The molecule has 0 atom stereocenters. The van der Waals surface area contributed by atoms with Gasteiger partial charge in [0.15, 0.2) is 11.5 Å². The van der Waals surface area contributed by atoms with Crippen LogP contribution in [0.15, 0.2) is 60.6 Å². The Labute approximate surface area is 140 Å². The molecule has 4 nitrogen and oxygen atoms in total. The smallest absolute Gasteiger partial charge is 0.398 e. The Morgan fingerprint density at radius 3 is 2.33 bits per heavy atom. The van der Waals surface area contributed by atoms with E-state index < -0.39 is 0 Å². The standard InChI is InChI=1S/C19H17BN2O2/c1-24-18-9-8-13(12-17(18)23)10-11-20-21-15-6-2-4-14-5-3-7-16(22-20)19(14)15/h2-12,21-23H,1H3/b11-10-. The maximum Gasteiger partial charge on any atom is 0.398 e. The first kappa shape index (κ1) is 14.5. The zero-order valence-corrected chi connectivity index (χ0v) is 13.3. The second kappa shape index (κ2) is 5.85. The fraction of sp³-hybridized carbons (Fsp3) is 0.0526. The summed E-state index contributed by atoms with van der Waals surface area (Å²) in [6, 6.07) is 17.9. The van der Waals surface area contributed by atoms with Crippen LogP contribution in [-0.4, -0.2) is 19.2 Å². The Balaban J connectivity index is 1.60. The van der Waals surface area contributed by atoms with Gasteiger partial charge in [-0.25, -0.2) is 0 Å². The first-order valence-electron chi connectivity index (χ1n) is 7.84. The van der Waals surface area contributed by atoms with Crippen molar-refractivity contribution in [3.8, 4) is 11.5 Å². The van der Waals surface area contributed by atoms with Crippen molar-refractivity contribution >= 4 is 35.2 Å². The monoisotopic (exact) mass is 316 g/mol. The fourth-order valence-electron chi connectivity index (χ4n) is 3.07. The number of ether oxygens (including phenoxy) is 1. The van der Waals surface area contributed by atoms with Gasteiger partial charge >= 0.3 is 6.98 Å². The third-order valence-corrected chi connectivity index (χ3v) is 4.21. The molecule has 3 aromatic rings. The first-order valence-corrected chi connectivity index (χ1v) is 7.84. The van der Waals surface area contributed by atoms with Crippen LogP contribution in [0.2, 0.25) is 0 Å². The van der Waals surface area contributed by atoms with Crippen LogP contribution < -0.4 is 15.2 Å². The van der Waals surface area contributed by atoms with E-state index in [4.69, 9.17) is 4.74 Å². The van der Waals surface area contributed by atoms with Gasteiger partial charge in [0.1, 0.15) is 0 Å². The number of methoxy groups -OCH3 is 1. The van der Waals surface area contributed by atoms with Crippen LogP contribution in [0, 0.1) is 0 Å². The SMILES string of the molecule is COc1ccc(/C=C\B2Nc3cccc4cccc(c34)N2)cc1O. The fourth-order valence-corrected chi connectivity index (χ4v) is 3.07. The van der Waals surface area contributed by atoms with Crippen molar-refractivity contribution < 1.29 is 9.84 Å². The molecule has 0 saturated heterocycles. The molecule has 0 aromatic heterocycles. The molecule has 1 aliphatic heterocycles. The summed E-state index contributed by atoms with van der Waals surface area (Å²) in [6.45, 7) is -0.0188. The van der Waals surface area contributed by atoms with Gasteiger partial charge in [0, 0.05) is 16.8 Å². The van der Waals surface area contributed by atoms with E-state index in [0.29, 0.717) is 5.75 Å². The zero-order chi connectivity index (χ0) is 16.5. The molecule has 0 saturated carbocycles. The highest BCUT2D eigenvalue weighted by Gasteiger charge is 2.20. The Hall–Kier alpha value is -3.08. The van der Waals surface area contributed by atoms with Crippen molar-refractivity contribution in [1.82, 2.24) is 0 Å². The Morgan fingerprint density at radius 1 is 1.00 bits per heavy atom. The van der Waals surface area contributed by atoms with E-state index in [-0.39, 0.29) is 12.7 Å². The van der Waals surface area contributed by atoms with Gasteiger partial charge in [-0.1, -0.05) is 42.4 Å². The molecule has 0 unspecified atom stereocenters. The number of hydrogen-bond acceptors (Lipinski definition) is 4. The summed E-state index contributed by atoms with van der Waals surface area (Å²) in [6.07, 6.45) is 1.97. The average molecular weight is 316 g/mol. The minimum Gasteiger partial charge on any atom is -0.504 e. The van der Waals surface area contributed by atoms with Gasteiger partial charge in [-0.15, -0.1) is 0 Å². The number of aromatic hydroxyl groups is 1. The lowest BCUT2D eigenvalue weighted by Crippen LogP contribution is -2.35. The molecule has 1 aliphatic rings. The lowest BCUT2D eigenvalue weighted by Gasteiger charge is -2.24. The van der Waals surface area contributed by atoms with Crippen molar-refractivity contribution in [2.75, 3.05) is 17.6 Å². The van der Waals surface area contributed by atoms with E-state index >= 15 is 0 Å². The van der Waals surface area contributed by atoms with Crippen LogP contribution >= 0.6 is 0 Å². The van der Waals surface area contributed by atoms with Gasteiger partial charge in [0.25, 0.3) is 0 Å². The summed E-state index contributed by atoms with van der Waals surface area (Å²) in [5.74, 6) is 2.65. The van der Waals surface area contributed by atoms with Crippen LogP contribution in [0.25, 0.3) is 16.8 Å². The summed E-state index contributed by atoms with van der Waals surface area (Å²) in [5.41, 5.74) is 3.15. The minimum atomic E-state index is -0.0188. The summed E-state index contributed by atoms with van der Waals surface area (Å²) >= 11 is 0. The highest BCUT2D eigenvalue weighted by atomic mass is 16.5. The average Bonchev–Trinajstić information content (AvgIpc) is 2.60. The van der Waals surface area contributed by atoms with Crippen molar-refractivity contribution in [1.29, 1.82) is 0 Å². The van der Waals surface area contributed by atoms with Crippen LogP contribution in [0.5, 0.6) is 11.5 Å². The molecule has 24 heavy (non-hydrogen) atoms. The topological polar surface area (TPSA) is 53.5 Å². The predicted octanol–water partition coefficient (Wildman–Crippen LogP) is 4.13. The molecule has 0 aliphatic carbocycles. The lowest BCUT2D eigenvalue weighted by molar-refractivity contribution is 0.373. The quantitative estimate of drug-likeness (QED) is 0.636. The number of anilines is 2. The number of phenols is 1. The van der Waals surface area contributed by atoms with Crippen molar-refractivity contribution in [2.45, 2.75) is 0 Å². The van der Waals surface area contributed by atoms with E-state index in [9.17, 15) is 5.11 Å². The van der Waals surface area contributed by atoms with Crippen molar-refractivity contribution in [2.24, 2.45) is 0 Å². The van der Waals surface area contributed by atoms with Crippen molar-refractivity contribution in [3.05, 3.63) is 66.1 Å². The largest absolute Gasteiger partial charge is 0.504 e. The summed E-state index contributed by atoms with van der Waals surface area (Å²) in [7, 11) is 1.54.